The largest absolute Gasteiger partial charge is 0.378 e. The third-order valence-electron chi connectivity index (χ3n) is 5.30. The Hall–Kier alpha value is -3.72. The number of morpholine rings is 1. The minimum atomic E-state index is -0.687. The van der Waals surface area contributed by atoms with E-state index in [1.54, 1.807) is 12.1 Å². The Labute approximate surface area is 184 Å². The third kappa shape index (κ3) is 4.94. The number of hydrogen-bond acceptors (Lipinski definition) is 6. The van der Waals surface area contributed by atoms with Crippen molar-refractivity contribution in [1.82, 2.24) is 5.16 Å². The van der Waals surface area contributed by atoms with Gasteiger partial charge in [0, 0.05) is 42.5 Å². The lowest BCUT2D eigenvalue weighted by Crippen LogP contribution is -2.36. The van der Waals surface area contributed by atoms with Gasteiger partial charge in [-0.25, -0.2) is 4.39 Å². The van der Waals surface area contributed by atoms with Crippen LogP contribution in [0.2, 0.25) is 0 Å². The summed E-state index contributed by atoms with van der Waals surface area (Å²) < 4.78 is 24.5. The molecule has 166 valence electrons. The molecule has 0 unspecified atom stereocenters. The number of hydrogen-bond donors (Lipinski definition) is 2. The number of nitrogens with two attached hydrogens (primary N) is 1. The zero-order valence-electron chi connectivity index (χ0n) is 17.6. The molecular formula is C23H23FN4O4. The summed E-state index contributed by atoms with van der Waals surface area (Å²) >= 11 is 0. The Kier molecular flexibility index (Phi) is 6.18. The van der Waals surface area contributed by atoms with E-state index in [1.165, 1.54) is 18.2 Å². The highest BCUT2D eigenvalue weighted by atomic mass is 19.1. The molecule has 32 heavy (non-hydrogen) atoms. The number of rotatable bonds is 6. The highest BCUT2D eigenvalue weighted by Crippen LogP contribution is 2.23. The molecule has 0 bridgehead atoms. The maximum absolute atomic E-state index is 14.2. The highest BCUT2D eigenvalue weighted by molar-refractivity contribution is 6.05. The quantitative estimate of drug-likeness (QED) is 0.612. The van der Waals surface area contributed by atoms with Crippen molar-refractivity contribution in [3.63, 3.8) is 0 Å². The molecule has 1 saturated heterocycles. The first-order valence-electron chi connectivity index (χ1n) is 10.2. The molecule has 1 fully saturated rings. The minimum Gasteiger partial charge on any atom is -0.378 e. The van der Waals surface area contributed by atoms with Crippen LogP contribution < -0.4 is 16.0 Å². The smallest absolute Gasteiger partial charge is 0.287 e. The molecular weight excluding hydrogens is 415 g/mol. The van der Waals surface area contributed by atoms with Gasteiger partial charge in [0.1, 0.15) is 5.82 Å². The highest BCUT2D eigenvalue weighted by Gasteiger charge is 2.16. The van der Waals surface area contributed by atoms with Gasteiger partial charge in [0.15, 0.2) is 0 Å². The van der Waals surface area contributed by atoms with Crippen molar-refractivity contribution in [2.45, 2.75) is 13.3 Å². The van der Waals surface area contributed by atoms with Crippen molar-refractivity contribution in [3.8, 4) is 0 Å². The first-order valence-corrected chi connectivity index (χ1v) is 10.2. The molecule has 3 N–H and O–H groups in total. The zero-order chi connectivity index (χ0) is 22.7. The van der Waals surface area contributed by atoms with Gasteiger partial charge in [-0.15, -0.1) is 0 Å². The van der Waals surface area contributed by atoms with Crippen molar-refractivity contribution in [3.05, 3.63) is 76.4 Å². The molecule has 2 heterocycles. The lowest BCUT2D eigenvalue weighted by Gasteiger charge is -2.29. The Morgan fingerprint density at radius 3 is 2.66 bits per heavy atom. The van der Waals surface area contributed by atoms with Crippen LogP contribution in [0, 0.1) is 12.7 Å². The number of amides is 2. The molecule has 8 nitrogen and oxygen atoms in total. The van der Waals surface area contributed by atoms with Gasteiger partial charge in [-0.3, -0.25) is 9.59 Å². The summed E-state index contributed by atoms with van der Waals surface area (Å²) in [5.74, 6) is -1.58. The van der Waals surface area contributed by atoms with Crippen LogP contribution in [0.4, 0.5) is 15.8 Å². The normalized spacial score (nSPS) is 13.8. The monoisotopic (exact) mass is 438 g/mol. The van der Waals surface area contributed by atoms with Gasteiger partial charge in [0.2, 0.25) is 5.76 Å². The molecule has 1 aromatic heterocycles. The standard InChI is InChI=1S/C23H23FN4O4/c1-14-2-3-18(9-15(14)10-19-13-21(22(25)29)32-27-19)26-23(30)16-8-17(24)12-20(11-16)28-4-6-31-7-5-28/h2-3,8-9,11-13H,4-7,10H2,1H3,(H2,25,29)(H,26,30). The van der Waals surface area contributed by atoms with Crippen LogP contribution in [0.3, 0.4) is 0 Å². The number of primary amides is 1. The predicted molar refractivity (Wildman–Crippen MR) is 116 cm³/mol. The number of carbonyl (C=O) groups is 2. The Morgan fingerprint density at radius 2 is 1.94 bits per heavy atom. The van der Waals surface area contributed by atoms with E-state index in [9.17, 15) is 14.0 Å². The SMILES string of the molecule is Cc1ccc(NC(=O)c2cc(F)cc(N3CCOCC3)c2)cc1Cc1cc(C(N)=O)on1. The second-order valence-corrected chi connectivity index (χ2v) is 7.62. The summed E-state index contributed by atoms with van der Waals surface area (Å²) in [5.41, 5.74) is 9.06. The Morgan fingerprint density at radius 1 is 1.16 bits per heavy atom. The molecule has 0 atom stereocenters. The van der Waals surface area contributed by atoms with Crippen LogP contribution in [-0.2, 0) is 11.2 Å². The minimum absolute atomic E-state index is 0.00992. The predicted octanol–water partition coefficient (Wildman–Crippen LogP) is 2.90. The van der Waals surface area contributed by atoms with Crippen molar-refractivity contribution in [1.29, 1.82) is 0 Å². The number of carbonyl (C=O) groups excluding carboxylic acids is 2. The van der Waals surface area contributed by atoms with E-state index in [0.717, 1.165) is 11.1 Å². The molecule has 9 heteroatoms. The van der Waals surface area contributed by atoms with E-state index in [0.29, 0.717) is 49.8 Å². The van der Waals surface area contributed by atoms with Crippen molar-refractivity contribution in [2.75, 3.05) is 36.5 Å². The number of aromatic nitrogens is 1. The second-order valence-electron chi connectivity index (χ2n) is 7.62. The molecule has 1 aliphatic heterocycles. The van der Waals surface area contributed by atoms with Crippen molar-refractivity contribution < 1.29 is 23.2 Å². The molecule has 4 rings (SSSR count). The Bertz CT molecular complexity index is 1150. The van der Waals surface area contributed by atoms with Crippen LogP contribution in [0.25, 0.3) is 0 Å². The van der Waals surface area contributed by atoms with Gasteiger partial charge in [0.05, 0.1) is 18.9 Å². The first-order chi connectivity index (χ1) is 15.4. The molecule has 0 radical (unpaired) electrons. The van der Waals surface area contributed by atoms with Crippen LogP contribution in [0.5, 0.6) is 0 Å². The van der Waals surface area contributed by atoms with E-state index >= 15 is 0 Å². The van der Waals surface area contributed by atoms with Gasteiger partial charge < -0.3 is 25.2 Å². The van der Waals surface area contributed by atoms with Gasteiger partial charge in [-0.2, -0.15) is 0 Å². The number of benzene rings is 2. The summed E-state index contributed by atoms with van der Waals surface area (Å²) in [6, 6.07) is 11.3. The summed E-state index contributed by atoms with van der Waals surface area (Å²) in [4.78, 5) is 26.0. The number of nitrogens with one attached hydrogen (secondary N) is 1. The number of nitrogens with zero attached hydrogens (tertiary/aromatic N) is 2. The maximum atomic E-state index is 14.2. The molecule has 2 aromatic carbocycles. The fourth-order valence-corrected chi connectivity index (χ4v) is 3.56. The summed E-state index contributed by atoms with van der Waals surface area (Å²) in [7, 11) is 0. The third-order valence-corrected chi connectivity index (χ3v) is 5.30. The lowest BCUT2D eigenvalue weighted by atomic mass is 10.0. The molecule has 0 aliphatic carbocycles. The van der Waals surface area contributed by atoms with Crippen LogP contribution in [0.1, 0.15) is 37.7 Å². The average molecular weight is 438 g/mol. The summed E-state index contributed by atoms with van der Waals surface area (Å²) in [6.45, 7) is 4.35. The molecule has 1 aliphatic rings. The molecule has 3 aromatic rings. The maximum Gasteiger partial charge on any atom is 0.287 e. The zero-order valence-corrected chi connectivity index (χ0v) is 17.6. The van der Waals surface area contributed by atoms with E-state index in [-0.39, 0.29) is 11.3 Å². The number of aryl methyl sites for hydroxylation is 1. The fourth-order valence-electron chi connectivity index (χ4n) is 3.56. The van der Waals surface area contributed by atoms with E-state index < -0.39 is 17.6 Å². The number of ether oxygens (including phenoxy) is 1. The van der Waals surface area contributed by atoms with Crippen molar-refractivity contribution >= 4 is 23.2 Å². The molecule has 2 amide bonds. The summed E-state index contributed by atoms with van der Waals surface area (Å²) in [6.07, 6.45) is 0.396. The Balaban J connectivity index is 1.51. The number of anilines is 2. The lowest BCUT2D eigenvalue weighted by molar-refractivity contribution is 0.0964. The fraction of sp³-hybridized carbons (Fsp3) is 0.261. The average Bonchev–Trinajstić information content (AvgIpc) is 3.25. The van der Waals surface area contributed by atoms with E-state index in [4.69, 9.17) is 15.0 Å². The summed E-state index contributed by atoms with van der Waals surface area (Å²) in [5, 5.41) is 6.68. The van der Waals surface area contributed by atoms with Crippen LogP contribution in [0.15, 0.2) is 47.0 Å². The van der Waals surface area contributed by atoms with E-state index in [1.807, 2.05) is 24.0 Å². The molecule has 0 saturated carbocycles. The van der Waals surface area contributed by atoms with Crippen LogP contribution >= 0.6 is 0 Å². The molecule has 0 spiro atoms. The van der Waals surface area contributed by atoms with Crippen molar-refractivity contribution in [2.24, 2.45) is 5.73 Å². The van der Waals surface area contributed by atoms with Gasteiger partial charge >= 0.3 is 0 Å². The second kappa shape index (κ2) is 9.19. The van der Waals surface area contributed by atoms with Gasteiger partial charge in [-0.1, -0.05) is 11.2 Å². The topological polar surface area (TPSA) is 111 Å². The van der Waals surface area contributed by atoms with Gasteiger partial charge in [-0.05, 0) is 48.4 Å². The first kappa shape index (κ1) is 21.5. The van der Waals surface area contributed by atoms with E-state index in [2.05, 4.69) is 10.5 Å². The van der Waals surface area contributed by atoms with Gasteiger partial charge in [0.25, 0.3) is 11.8 Å². The number of halogens is 1. The van der Waals surface area contributed by atoms with Crippen LogP contribution in [-0.4, -0.2) is 43.3 Å².